The second kappa shape index (κ2) is 46.3. The number of esters is 2. The second-order valence-electron chi connectivity index (χ2n) is 16.1. The van der Waals surface area contributed by atoms with E-state index in [2.05, 4.69) is 74.6 Å². The minimum absolute atomic E-state index is 0.00671. The summed E-state index contributed by atoms with van der Waals surface area (Å²) in [6.07, 6.45) is 57.1. The van der Waals surface area contributed by atoms with E-state index in [1.807, 2.05) is 0 Å². The molecule has 0 saturated carbocycles. The van der Waals surface area contributed by atoms with Crippen molar-refractivity contribution < 1.29 is 37.6 Å². The Morgan fingerprint density at radius 2 is 0.850 bits per heavy atom. The molecule has 0 spiro atoms. The van der Waals surface area contributed by atoms with Crippen molar-refractivity contribution in [2.75, 3.05) is 19.8 Å². The van der Waals surface area contributed by atoms with Gasteiger partial charge in [-0.05, 0) is 84.0 Å². The topological polar surface area (TPSA) is 108 Å². The SMILES string of the molecule is CC/C=C\C/C=C\C/C=C\C/C=C\CCCCCCC(=O)OC(COC(=O)CCCCCCCCCCCCC/C=C\CCCCCCCCCC)COP(=O)(O)OCC. The van der Waals surface area contributed by atoms with Crippen molar-refractivity contribution in [3.05, 3.63) is 60.8 Å². The Labute approximate surface area is 369 Å². The van der Waals surface area contributed by atoms with Crippen molar-refractivity contribution in [1.82, 2.24) is 0 Å². The molecular weight excluding hydrogens is 772 g/mol. The Kier molecular flexibility index (Phi) is 44.5. The normalized spacial score (nSPS) is 13.7. The summed E-state index contributed by atoms with van der Waals surface area (Å²) in [6, 6.07) is 0. The van der Waals surface area contributed by atoms with Crippen molar-refractivity contribution in [2.45, 2.75) is 232 Å². The lowest BCUT2D eigenvalue weighted by atomic mass is 10.0. The van der Waals surface area contributed by atoms with Crippen molar-refractivity contribution in [3.8, 4) is 0 Å². The number of rotatable bonds is 45. The van der Waals surface area contributed by atoms with Gasteiger partial charge in [0.2, 0.25) is 0 Å². The highest BCUT2D eigenvalue weighted by molar-refractivity contribution is 7.47. The van der Waals surface area contributed by atoms with Crippen LogP contribution in [0.25, 0.3) is 0 Å². The van der Waals surface area contributed by atoms with Gasteiger partial charge in [-0.2, -0.15) is 0 Å². The molecule has 0 rings (SSSR count). The van der Waals surface area contributed by atoms with Crippen LogP contribution < -0.4 is 0 Å². The number of phosphoric acid groups is 1. The summed E-state index contributed by atoms with van der Waals surface area (Å²) < 4.78 is 32.7. The summed E-state index contributed by atoms with van der Waals surface area (Å²) in [5, 5.41) is 0. The third kappa shape index (κ3) is 45.3. The van der Waals surface area contributed by atoms with Gasteiger partial charge in [-0.15, -0.1) is 0 Å². The van der Waals surface area contributed by atoms with Crippen LogP contribution in [0.2, 0.25) is 0 Å². The maximum atomic E-state index is 12.6. The van der Waals surface area contributed by atoms with E-state index < -0.39 is 26.5 Å². The highest BCUT2D eigenvalue weighted by Crippen LogP contribution is 2.43. The monoisotopic (exact) mass is 863 g/mol. The summed E-state index contributed by atoms with van der Waals surface area (Å²) in [4.78, 5) is 34.9. The van der Waals surface area contributed by atoms with Gasteiger partial charge in [0.25, 0.3) is 0 Å². The Bertz CT molecular complexity index is 1160. The lowest BCUT2D eigenvalue weighted by Crippen LogP contribution is -2.29. The minimum atomic E-state index is -4.29. The fourth-order valence-electron chi connectivity index (χ4n) is 6.73. The molecule has 0 fully saturated rings. The Balaban J connectivity index is 4.01. The van der Waals surface area contributed by atoms with Crippen LogP contribution in [0, 0.1) is 0 Å². The van der Waals surface area contributed by atoms with E-state index in [9.17, 15) is 19.0 Å². The molecule has 0 saturated heterocycles. The van der Waals surface area contributed by atoms with Crippen LogP contribution in [0.1, 0.15) is 226 Å². The molecule has 0 aliphatic carbocycles. The number of hydrogen-bond donors (Lipinski definition) is 1. The molecule has 9 heteroatoms. The number of hydrogen-bond acceptors (Lipinski definition) is 7. The van der Waals surface area contributed by atoms with Gasteiger partial charge in [0.05, 0.1) is 13.2 Å². The van der Waals surface area contributed by atoms with Gasteiger partial charge in [0.1, 0.15) is 6.61 Å². The van der Waals surface area contributed by atoms with Gasteiger partial charge < -0.3 is 14.4 Å². The third-order valence-corrected chi connectivity index (χ3v) is 11.4. The molecule has 0 bridgehead atoms. The average Bonchev–Trinajstić information content (AvgIpc) is 3.23. The molecule has 0 aromatic rings. The van der Waals surface area contributed by atoms with Crippen LogP contribution in [0.5, 0.6) is 0 Å². The van der Waals surface area contributed by atoms with Crippen LogP contribution in [0.4, 0.5) is 0 Å². The molecule has 8 nitrogen and oxygen atoms in total. The van der Waals surface area contributed by atoms with Gasteiger partial charge >= 0.3 is 19.8 Å². The molecule has 60 heavy (non-hydrogen) atoms. The minimum Gasteiger partial charge on any atom is -0.462 e. The van der Waals surface area contributed by atoms with Crippen molar-refractivity contribution in [2.24, 2.45) is 0 Å². The number of ether oxygens (including phenoxy) is 2. The first-order valence-corrected chi connectivity index (χ1v) is 26.1. The van der Waals surface area contributed by atoms with E-state index >= 15 is 0 Å². The average molecular weight is 863 g/mol. The molecular formula is C51H91O8P. The second-order valence-corrected chi connectivity index (χ2v) is 17.5. The summed E-state index contributed by atoms with van der Waals surface area (Å²) in [7, 11) is -4.29. The van der Waals surface area contributed by atoms with Gasteiger partial charge in [-0.1, -0.05) is 190 Å². The number of phosphoric ester groups is 1. The highest BCUT2D eigenvalue weighted by Gasteiger charge is 2.25. The molecule has 0 aliphatic rings. The molecule has 0 aromatic carbocycles. The molecule has 2 unspecified atom stereocenters. The quantitative estimate of drug-likeness (QED) is 0.0279. The first-order valence-electron chi connectivity index (χ1n) is 24.6. The predicted octanol–water partition coefficient (Wildman–Crippen LogP) is 15.9. The number of carbonyl (C=O) groups is 2. The van der Waals surface area contributed by atoms with E-state index in [0.29, 0.717) is 6.42 Å². The standard InChI is InChI=1S/C51H91O8P/c1-4-7-9-11-13-15-17-19-21-23-24-25-26-27-28-30-31-33-35-37-39-41-43-45-50(52)56-47-49(48-58-60(54,55)57-6-3)59-51(53)46-44-42-40-38-36-34-32-29-22-20-18-16-14-12-10-8-5-2/h8,10,14,16,20,22-24,32,34,49H,4-7,9,11-13,15,17-19,21,25-31,33,35-48H2,1-3H3,(H,54,55)/b10-8-,16-14-,22-20-,24-23-,34-32-. The Morgan fingerprint density at radius 3 is 1.30 bits per heavy atom. The first kappa shape index (κ1) is 57.8. The number of unbranched alkanes of at least 4 members (excludes halogenated alkanes) is 23. The maximum absolute atomic E-state index is 12.6. The zero-order valence-electron chi connectivity index (χ0n) is 38.9. The predicted molar refractivity (Wildman–Crippen MR) is 253 cm³/mol. The highest BCUT2D eigenvalue weighted by atomic mass is 31.2. The van der Waals surface area contributed by atoms with E-state index in [1.54, 1.807) is 6.92 Å². The molecule has 0 heterocycles. The number of allylic oxidation sites excluding steroid dienone is 10. The fraction of sp³-hybridized carbons (Fsp3) is 0.765. The van der Waals surface area contributed by atoms with E-state index in [0.717, 1.165) is 70.6 Å². The van der Waals surface area contributed by atoms with Gasteiger partial charge in [-0.3, -0.25) is 18.6 Å². The first-order chi connectivity index (χ1) is 29.3. The Hall–Kier alpha value is -2.25. The summed E-state index contributed by atoms with van der Waals surface area (Å²) in [5.41, 5.74) is 0. The maximum Gasteiger partial charge on any atom is 0.472 e. The Morgan fingerprint density at radius 1 is 0.467 bits per heavy atom. The largest absolute Gasteiger partial charge is 0.472 e. The van der Waals surface area contributed by atoms with E-state index in [4.69, 9.17) is 18.5 Å². The molecule has 1 N–H and O–H groups in total. The van der Waals surface area contributed by atoms with Crippen molar-refractivity contribution >= 4 is 19.8 Å². The molecule has 2 atom stereocenters. The van der Waals surface area contributed by atoms with Crippen LogP contribution in [0.15, 0.2) is 60.8 Å². The zero-order chi connectivity index (χ0) is 43.9. The van der Waals surface area contributed by atoms with Gasteiger partial charge in [0, 0.05) is 12.8 Å². The van der Waals surface area contributed by atoms with Gasteiger partial charge in [-0.25, -0.2) is 4.57 Å². The lowest BCUT2D eigenvalue weighted by molar-refractivity contribution is -0.161. The smallest absolute Gasteiger partial charge is 0.462 e. The van der Waals surface area contributed by atoms with E-state index in [1.165, 1.54) is 116 Å². The van der Waals surface area contributed by atoms with Crippen LogP contribution >= 0.6 is 7.82 Å². The summed E-state index contributed by atoms with van der Waals surface area (Å²) in [5.74, 6) is -0.824. The van der Waals surface area contributed by atoms with E-state index in [-0.39, 0.29) is 32.0 Å². The summed E-state index contributed by atoms with van der Waals surface area (Å²) in [6.45, 7) is 5.35. The van der Waals surface area contributed by atoms with Crippen LogP contribution in [-0.4, -0.2) is 42.8 Å². The zero-order valence-corrected chi connectivity index (χ0v) is 39.7. The van der Waals surface area contributed by atoms with Crippen molar-refractivity contribution in [1.29, 1.82) is 0 Å². The molecule has 0 radical (unpaired) electrons. The van der Waals surface area contributed by atoms with Crippen molar-refractivity contribution in [3.63, 3.8) is 0 Å². The number of carbonyl (C=O) groups excluding carboxylic acids is 2. The van der Waals surface area contributed by atoms with Crippen LogP contribution in [-0.2, 0) is 32.7 Å². The fourth-order valence-corrected chi connectivity index (χ4v) is 7.49. The third-order valence-electron chi connectivity index (χ3n) is 10.3. The molecule has 0 aliphatic heterocycles. The molecule has 0 aromatic heterocycles. The lowest BCUT2D eigenvalue weighted by Gasteiger charge is -2.19. The molecule has 348 valence electrons. The summed E-state index contributed by atoms with van der Waals surface area (Å²) >= 11 is 0. The molecule has 0 amide bonds. The van der Waals surface area contributed by atoms with Crippen LogP contribution in [0.3, 0.4) is 0 Å². The van der Waals surface area contributed by atoms with Gasteiger partial charge in [0.15, 0.2) is 6.10 Å².